The SMILES string of the molecule is Fc1cc(Br)ccc1Nc1cc(-c2ccccc2)nc(NC2CC2)n1. The molecule has 0 amide bonds. The van der Waals surface area contributed by atoms with Crippen molar-refractivity contribution in [2.75, 3.05) is 10.6 Å². The van der Waals surface area contributed by atoms with Crippen LogP contribution in [0.3, 0.4) is 0 Å². The zero-order chi connectivity index (χ0) is 17.2. The highest BCUT2D eigenvalue weighted by Crippen LogP contribution is 2.28. The summed E-state index contributed by atoms with van der Waals surface area (Å²) in [6, 6.07) is 17.0. The van der Waals surface area contributed by atoms with Crippen LogP contribution in [0.1, 0.15) is 12.8 Å². The van der Waals surface area contributed by atoms with Gasteiger partial charge in [0.2, 0.25) is 5.95 Å². The maximum absolute atomic E-state index is 14.1. The maximum atomic E-state index is 14.1. The lowest BCUT2D eigenvalue weighted by atomic mass is 10.1. The van der Waals surface area contributed by atoms with E-state index in [0.717, 1.165) is 24.1 Å². The number of hydrogen-bond donors (Lipinski definition) is 2. The molecule has 2 aromatic carbocycles. The molecule has 0 atom stereocenters. The van der Waals surface area contributed by atoms with Crippen LogP contribution in [0.15, 0.2) is 59.1 Å². The standard InChI is InChI=1S/C19H16BrFN4/c20-13-6-9-16(15(21)10-13)23-18-11-17(12-4-2-1-3-5-12)24-19(25-18)22-14-7-8-14/h1-6,9-11,14H,7-8H2,(H2,22,23,24,25). The molecule has 2 N–H and O–H groups in total. The van der Waals surface area contributed by atoms with Crippen molar-refractivity contribution in [3.05, 3.63) is 64.9 Å². The highest BCUT2D eigenvalue weighted by molar-refractivity contribution is 9.10. The number of rotatable bonds is 5. The number of hydrogen-bond acceptors (Lipinski definition) is 4. The Labute approximate surface area is 153 Å². The number of benzene rings is 2. The van der Waals surface area contributed by atoms with Gasteiger partial charge in [-0.15, -0.1) is 0 Å². The lowest BCUT2D eigenvalue weighted by Gasteiger charge is -2.12. The van der Waals surface area contributed by atoms with E-state index in [1.165, 1.54) is 6.07 Å². The van der Waals surface area contributed by atoms with Crippen LogP contribution in [0.4, 0.5) is 21.8 Å². The summed E-state index contributed by atoms with van der Waals surface area (Å²) in [6.07, 6.45) is 2.26. The molecule has 1 heterocycles. The molecule has 0 aliphatic heterocycles. The predicted molar refractivity (Wildman–Crippen MR) is 101 cm³/mol. The molecule has 1 aromatic heterocycles. The Hall–Kier alpha value is -2.47. The monoisotopic (exact) mass is 398 g/mol. The van der Waals surface area contributed by atoms with Gasteiger partial charge in [0.05, 0.1) is 11.4 Å². The van der Waals surface area contributed by atoms with E-state index in [1.807, 2.05) is 36.4 Å². The first-order chi connectivity index (χ1) is 12.2. The summed E-state index contributed by atoms with van der Waals surface area (Å²) in [5.41, 5.74) is 2.15. The van der Waals surface area contributed by atoms with Gasteiger partial charge < -0.3 is 10.6 Å². The van der Waals surface area contributed by atoms with Gasteiger partial charge in [-0.1, -0.05) is 46.3 Å². The van der Waals surface area contributed by atoms with Gasteiger partial charge in [-0.25, -0.2) is 9.37 Å². The van der Waals surface area contributed by atoms with E-state index in [9.17, 15) is 4.39 Å². The summed E-state index contributed by atoms with van der Waals surface area (Å²) in [5.74, 6) is 0.771. The third-order valence-electron chi connectivity index (χ3n) is 3.90. The van der Waals surface area contributed by atoms with Crippen LogP contribution in [0.2, 0.25) is 0 Å². The minimum Gasteiger partial charge on any atom is -0.351 e. The summed E-state index contributed by atoms with van der Waals surface area (Å²) in [7, 11) is 0. The Kier molecular flexibility index (Phi) is 4.36. The third-order valence-corrected chi connectivity index (χ3v) is 4.39. The van der Waals surface area contributed by atoms with Gasteiger partial charge in [-0.2, -0.15) is 4.98 Å². The quantitative estimate of drug-likeness (QED) is 0.606. The van der Waals surface area contributed by atoms with E-state index >= 15 is 0 Å². The molecule has 3 aromatic rings. The fraction of sp³-hybridized carbons (Fsp3) is 0.158. The van der Waals surface area contributed by atoms with Crippen LogP contribution in [0, 0.1) is 5.82 Å². The summed E-state index contributed by atoms with van der Waals surface area (Å²) < 4.78 is 14.8. The van der Waals surface area contributed by atoms with Gasteiger partial charge in [0, 0.05) is 22.1 Å². The summed E-state index contributed by atoms with van der Waals surface area (Å²) >= 11 is 3.27. The second-order valence-electron chi connectivity index (χ2n) is 6.00. The molecule has 1 fully saturated rings. The normalized spacial score (nSPS) is 13.5. The second kappa shape index (κ2) is 6.80. The molecule has 25 heavy (non-hydrogen) atoms. The Balaban J connectivity index is 1.70. The Morgan fingerprint density at radius 1 is 1.00 bits per heavy atom. The van der Waals surface area contributed by atoms with Gasteiger partial charge in [-0.05, 0) is 31.0 Å². The van der Waals surface area contributed by atoms with Crippen LogP contribution < -0.4 is 10.6 Å². The molecule has 1 saturated carbocycles. The van der Waals surface area contributed by atoms with Gasteiger partial charge in [-0.3, -0.25) is 0 Å². The van der Waals surface area contributed by atoms with Crippen LogP contribution in [0.5, 0.6) is 0 Å². The van der Waals surface area contributed by atoms with Crippen molar-refractivity contribution >= 4 is 33.4 Å². The van der Waals surface area contributed by atoms with Crippen LogP contribution in [-0.2, 0) is 0 Å². The molecule has 1 aliphatic rings. The predicted octanol–water partition coefficient (Wildman–Crippen LogP) is 5.36. The highest BCUT2D eigenvalue weighted by atomic mass is 79.9. The molecule has 0 saturated heterocycles. The molecular formula is C19H16BrFN4. The van der Waals surface area contributed by atoms with E-state index in [-0.39, 0.29) is 5.82 Å². The van der Waals surface area contributed by atoms with Crippen molar-refractivity contribution in [1.29, 1.82) is 0 Å². The molecule has 4 nitrogen and oxygen atoms in total. The molecule has 0 radical (unpaired) electrons. The molecule has 4 rings (SSSR count). The molecule has 0 bridgehead atoms. The van der Waals surface area contributed by atoms with Crippen molar-refractivity contribution in [3.8, 4) is 11.3 Å². The molecule has 0 unspecified atom stereocenters. The zero-order valence-corrected chi connectivity index (χ0v) is 14.9. The van der Waals surface area contributed by atoms with Crippen molar-refractivity contribution < 1.29 is 4.39 Å². The number of aromatic nitrogens is 2. The Morgan fingerprint density at radius 3 is 2.52 bits per heavy atom. The molecule has 0 spiro atoms. The fourth-order valence-electron chi connectivity index (χ4n) is 2.47. The average molecular weight is 399 g/mol. The van der Waals surface area contributed by atoms with Crippen molar-refractivity contribution in [3.63, 3.8) is 0 Å². The van der Waals surface area contributed by atoms with Crippen LogP contribution in [-0.4, -0.2) is 16.0 Å². The lowest BCUT2D eigenvalue weighted by Crippen LogP contribution is -2.08. The Bertz CT molecular complexity index is 897. The van der Waals surface area contributed by atoms with Gasteiger partial charge >= 0.3 is 0 Å². The Morgan fingerprint density at radius 2 is 1.80 bits per heavy atom. The number of nitrogens with zero attached hydrogens (tertiary/aromatic N) is 2. The van der Waals surface area contributed by atoms with Crippen LogP contribution >= 0.6 is 15.9 Å². The number of halogens is 2. The summed E-state index contributed by atoms with van der Waals surface area (Å²) in [5, 5.41) is 6.37. The van der Waals surface area contributed by atoms with E-state index in [4.69, 9.17) is 0 Å². The maximum Gasteiger partial charge on any atom is 0.225 e. The van der Waals surface area contributed by atoms with E-state index in [1.54, 1.807) is 12.1 Å². The minimum atomic E-state index is -0.342. The number of nitrogens with one attached hydrogen (secondary N) is 2. The first-order valence-electron chi connectivity index (χ1n) is 8.10. The van der Waals surface area contributed by atoms with Gasteiger partial charge in [0.25, 0.3) is 0 Å². The topological polar surface area (TPSA) is 49.8 Å². The largest absolute Gasteiger partial charge is 0.351 e. The van der Waals surface area contributed by atoms with Gasteiger partial charge in [0.1, 0.15) is 11.6 Å². The molecule has 126 valence electrons. The fourth-order valence-corrected chi connectivity index (χ4v) is 2.80. The van der Waals surface area contributed by atoms with E-state index < -0.39 is 0 Å². The first-order valence-corrected chi connectivity index (χ1v) is 8.90. The smallest absolute Gasteiger partial charge is 0.225 e. The number of anilines is 3. The third kappa shape index (κ3) is 3.96. The van der Waals surface area contributed by atoms with E-state index in [0.29, 0.717) is 28.0 Å². The zero-order valence-electron chi connectivity index (χ0n) is 13.3. The van der Waals surface area contributed by atoms with E-state index in [2.05, 4.69) is 36.5 Å². The molecule has 6 heteroatoms. The highest BCUT2D eigenvalue weighted by Gasteiger charge is 2.22. The van der Waals surface area contributed by atoms with Crippen molar-refractivity contribution in [2.24, 2.45) is 0 Å². The van der Waals surface area contributed by atoms with Gasteiger partial charge in [0.15, 0.2) is 0 Å². The van der Waals surface area contributed by atoms with Crippen molar-refractivity contribution in [2.45, 2.75) is 18.9 Å². The lowest BCUT2D eigenvalue weighted by molar-refractivity contribution is 0.631. The average Bonchev–Trinajstić information content (AvgIpc) is 3.42. The molecular weight excluding hydrogens is 383 g/mol. The first kappa shape index (κ1) is 16.0. The summed E-state index contributed by atoms with van der Waals surface area (Å²) in [6.45, 7) is 0. The van der Waals surface area contributed by atoms with Crippen LogP contribution in [0.25, 0.3) is 11.3 Å². The van der Waals surface area contributed by atoms with Crippen molar-refractivity contribution in [1.82, 2.24) is 9.97 Å². The molecule has 1 aliphatic carbocycles. The second-order valence-corrected chi connectivity index (χ2v) is 6.91. The minimum absolute atomic E-state index is 0.342. The summed E-state index contributed by atoms with van der Waals surface area (Å²) in [4.78, 5) is 9.08.